The number of rotatable bonds is 5. The molecular formula is C64H47B3N6S5. The van der Waals surface area contributed by atoms with Gasteiger partial charge in [-0.2, -0.15) is 0 Å². The first-order chi connectivity index (χ1) is 38.3. The predicted octanol–water partition coefficient (Wildman–Crippen LogP) is 12.4. The highest BCUT2D eigenvalue weighted by atomic mass is 32.2. The quantitative estimate of drug-likeness (QED) is 0.134. The minimum absolute atomic E-state index is 0.0197. The van der Waals surface area contributed by atoms with Crippen LogP contribution in [0.15, 0.2) is 170 Å². The Hall–Kier alpha value is -7.06. The molecule has 9 aromatic carbocycles. The van der Waals surface area contributed by atoms with E-state index < -0.39 is 0 Å². The van der Waals surface area contributed by atoms with Gasteiger partial charge >= 0.3 is 0 Å². The number of benzene rings is 9. The summed E-state index contributed by atoms with van der Waals surface area (Å²) in [4.78, 5) is 5.12. The zero-order chi connectivity index (χ0) is 52.0. The van der Waals surface area contributed by atoms with Crippen molar-refractivity contribution in [2.24, 2.45) is 0 Å². The van der Waals surface area contributed by atoms with Crippen LogP contribution >= 0.6 is 58.5 Å². The molecule has 78 heavy (non-hydrogen) atoms. The second kappa shape index (κ2) is 16.7. The van der Waals surface area contributed by atoms with Crippen LogP contribution in [-0.4, -0.2) is 38.9 Å². The molecular weight excluding hydrogens is 1050 g/mol. The molecule has 8 heterocycles. The van der Waals surface area contributed by atoms with Crippen LogP contribution in [0.25, 0.3) is 20.2 Å². The lowest BCUT2D eigenvalue weighted by molar-refractivity contribution is 1.28. The molecule has 0 bridgehead atoms. The molecule has 0 spiro atoms. The second-order valence-corrected chi connectivity index (χ2v) is 25.8. The van der Waals surface area contributed by atoms with E-state index in [1.807, 2.05) is 58.5 Å². The fraction of sp³-hybridized carbons (Fsp3) is 0.0938. The molecule has 14 heteroatoms. The normalized spacial score (nSPS) is 14.6. The highest BCUT2D eigenvalue weighted by Gasteiger charge is 2.51. The Balaban J connectivity index is 0.940. The third-order valence-corrected chi connectivity index (χ3v) is 21.9. The van der Waals surface area contributed by atoms with Gasteiger partial charge in [0.1, 0.15) is 0 Å². The maximum atomic E-state index is 4.13. The van der Waals surface area contributed by atoms with Crippen molar-refractivity contribution in [2.45, 2.75) is 20.8 Å². The first kappa shape index (κ1) is 45.9. The Bertz CT molecular complexity index is 4450. The van der Waals surface area contributed by atoms with Gasteiger partial charge in [0, 0.05) is 99.7 Å². The minimum Gasteiger partial charge on any atom is -0.356 e. The van der Waals surface area contributed by atoms with Crippen LogP contribution in [0.5, 0.6) is 0 Å². The minimum atomic E-state index is -0.0407. The van der Waals surface area contributed by atoms with Gasteiger partial charge in [0.2, 0.25) is 0 Å². The SMILES string of the molecule is CSN1c2cc3c(cc2B2c4cc5c(cc4N(SC)c4cc(C)cc1c42)N(SC)c1cc(C)cc2c1B5c1sc4ccccc4c1N2c1ccccc1)B1c2sc4ccccc4c2N(c2ccccc2)c2cc(C)cc(c21)N3. The van der Waals surface area contributed by atoms with Gasteiger partial charge < -0.3 is 15.1 Å². The molecule has 0 saturated heterocycles. The smallest absolute Gasteiger partial charge is 0.264 e. The first-order valence-corrected chi connectivity index (χ1v) is 31.8. The zero-order valence-corrected chi connectivity index (χ0v) is 47.8. The topological polar surface area (TPSA) is 28.2 Å². The molecule has 11 aromatic rings. The van der Waals surface area contributed by atoms with Crippen LogP contribution in [0.3, 0.4) is 0 Å². The van der Waals surface area contributed by atoms with Gasteiger partial charge in [-0.25, -0.2) is 0 Å². The van der Waals surface area contributed by atoms with Crippen LogP contribution < -0.4 is 75.8 Å². The van der Waals surface area contributed by atoms with Crippen molar-refractivity contribution >= 4 is 226 Å². The van der Waals surface area contributed by atoms with E-state index in [2.05, 4.69) is 237 Å². The van der Waals surface area contributed by atoms with E-state index in [-0.39, 0.29) is 20.1 Å². The van der Waals surface area contributed by atoms with Gasteiger partial charge in [-0.1, -0.05) is 84.9 Å². The third-order valence-electron chi connectivity index (χ3n) is 17.2. The number of aryl methyl sites for hydroxylation is 3. The zero-order valence-electron chi connectivity index (χ0n) is 43.7. The Morgan fingerprint density at radius 1 is 0.372 bits per heavy atom. The van der Waals surface area contributed by atoms with Crippen LogP contribution in [-0.2, 0) is 0 Å². The van der Waals surface area contributed by atoms with E-state index in [4.69, 9.17) is 0 Å². The van der Waals surface area contributed by atoms with E-state index >= 15 is 0 Å². The average Bonchev–Trinajstić information content (AvgIpc) is 3.01. The van der Waals surface area contributed by atoms with Crippen molar-refractivity contribution in [3.63, 3.8) is 0 Å². The van der Waals surface area contributed by atoms with Gasteiger partial charge in [-0.15, -0.1) is 22.7 Å². The summed E-state index contributed by atoms with van der Waals surface area (Å²) in [5, 5.41) is 6.73. The number of thiophene rings is 2. The van der Waals surface area contributed by atoms with Crippen LogP contribution in [0, 0.1) is 20.8 Å². The van der Waals surface area contributed by atoms with Gasteiger partial charge in [-0.05, 0) is 196 Å². The molecule has 0 unspecified atom stereocenters. The van der Waals surface area contributed by atoms with Crippen LogP contribution in [0.1, 0.15) is 16.7 Å². The summed E-state index contributed by atoms with van der Waals surface area (Å²) in [6.07, 6.45) is 6.75. The molecule has 6 aliphatic rings. The molecule has 0 atom stereocenters. The molecule has 372 valence electrons. The summed E-state index contributed by atoms with van der Waals surface area (Å²) >= 11 is 9.38. The summed E-state index contributed by atoms with van der Waals surface area (Å²) in [7, 11) is 0. The van der Waals surface area contributed by atoms with Crippen molar-refractivity contribution in [3.05, 3.63) is 187 Å². The van der Waals surface area contributed by atoms with Crippen LogP contribution in [0.2, 0.25) is 0 Å². The van der Waals surface area contributed by atoms with Gasteiger partial charge in [-0.3, -0.25) is 12.9 Å². The van der Waals surface area contributed by atoms with Crippen molar-refractivity contribution < 1.29 is 0 Å². The lowest BCUT2D eigenvalue weighted by Gasteiger charge is -2.46. The number of fused-ring (bicyclic) bond motifs is 16. The van der Waals surface area contributed by atoms with Crippen molar-refractivity contribution in [1.29, 1.82) is 0 Å². The highest BCUT2D eigenvalue weighted by Crippen LogP contribution is 2.51. The van der Waals surface area contributed by atoms with Crippen molar-refractivity contribution in [2.75, 3.05) is 46.8 Å². The lowest BCUT2D eigenvalue weighted by Crippen LogP contribution is -2.66. The Kier molecular flexibility index (Phi) is 9.85. The third kappa shape index (κ3) is 6.07. The monoisotopic (exact) mass is 1090 g/mol. The van der Waals surface area contributed by atoms with Gasteiger partial charge in [0.15, 0.2) is 0 Å². The van der Waals surface area contributed by atoms with E-state index in [9.17, 15) is 0 Å². The fourth-order valence-electron chi connectivity index (χ4n) is 14.3. The number of para-hydroxylation sites is 2. The van der Waals surface area contributed by atoms with E-state index in [1.54, 1.807) is 0 Å². The molecule has 6 nitrogen and oxygen atoms in total. The molecule has 1 N–H and O–H groups in total. The molecule has 17 rings (SSSR count). The molecule has 0 amide bonds. The van der Waals surface area contributed by atoms with Gasteiger partial charge in [0.05, 0.1) is 28.4 Å². The number of hydrogen-bond donors (Lipinski definition) is 1. The molecule has 0 saturated carbocycles. The lowest BCUT2D eigenvalue weighted by atomic mass is 9.30. The first-order valence-electron chi connectivity index (χ1n) is 26.6. The number of anilines is 14. The maximum absolute atomic E-state index is 4.13. The highest BCUT2D eigenvalue weighted by molar-refractivity contribution is 8.01. The fourth-order valence-corrected chi connectivity index (χ4v) is 19.1. The summed E-state index contributed by atoms with van der Waals surface area (Å²) in [5.41, 5.74) is 30.7. The molecule has 6 aliphatic heterocycles. The van der Waals surface area contributed by atoms with E-state index in [0.717, 1.165) is 0 Å². The summed E-state index contributed by atoms with van der Waals surface area (Å²) in [6.45, 7) is 6.79. The molecule has 0 aliphatic carbocycles. The van der Waals surface area contributed by atoms with E-state index in [1.165, 1.54) is 164 Å². The van der Waals surface area contributed by atoms with E-state index in [0.29, 0.717) is 0 Å². The largest absolute Gasteiger partial charge is 0.356 e. The number of hydrogen-bond acceptors (Lipinski definition) is 11. The Morgan fingerprint density at radius 2 is 0.782 bits per heavy atom. The summed E-state index contributed by atoms with van der Waals surface area (Å²) in [5.74, 6) is 0. The summed E-state index contributed by atoms with van der Waals surface area (Å²) in [6, 6.07) is 65.1. The van der Waals surface area contributed by atoms with Crippen molar-refractivity contribution in [1.82, 2.24) is 0 Å². The van der Waals surface area contributed by atoms with Crippen molar-refractivity contribution in [3.8, 4) is 0 Å². The molecule has 2 aromatic heterocycles. The van der Waals surface area contributed by atoms with Gasteiger partial charge in [0.25, 0.3) is 20.1 Å². The predicted molar refractivity (Wildman–Crippen MR) is 351 cm³/mol. The summed E-state index contributed by atoms with van der Waals surface area (Å²) < 4.78 is 13.0. The Labute approximate surface area is 476 Å². The average molecular weight is 1090 g/mol. The standard InChI is InChI=1S/C64H47B3N6S5/c1-35-25-47-58-51(26-35)69(38-17-9-7-10-18-38)61-40-21-13-15-23-56(40)77-63(61)66(58)42-31-43-48(33-46(42)68-47)71(74-4)54-29-37(3)30-55-60(54)65(43)44-32-45-50(34-49(44)72(55)75-5)73(76-6)53-28-36(2)27-52-59(53)67(45)64-62(41-22-14-16-24-57(41)78-64)70(52)39-19-11-8-12-20-39/h7-34,68H,1-6H3. The molecule has 0 radical (unpaired) electrons. The molecule has 0 fully saturated rings. The number of nitrogens with one attached hydrogen (secondary N) is 1. The second-order valence-electron chi connectivity index (χ2n) is 21.5. The van der Waals surface area contributed by atoms with Crippen LogP contribution in [0.4, 0.5) is 79.6 Å². The number of nitrogens with zero attached hydrogens (tertiary/aromatic N) is 5. The Morgan fingerprint density at radius 3 is 1.31 bits per heavy atom. The maximum Gasteiger partial charge on any atom is 0.264 e.